The number of sulfonamides is 1. The fourth-order valence-corrected chi connectivity index (χ4v) is 6.12. The normalized spacial score (nSPS) is 22.6. The lowest BCUT2D eigenvalue weighted by Gasteiger charge is -2.37. The lowest BCUT2D eigenvalue weighted by molar-refractivity contribution is 0.0733. The van der Waals surface area contributed by atoms with Gasteiger partial charge >= 0.3 is 0 Å². The second-order valence-electron chi connectivity index (χ2n) is 9.04. The van der Waals surface area contributed by atoms with Crippen LogP contribution in [0.4, 0.5) is 0 Å². The van der Waals surface area contributed by atoms with Crippen LogP contribution in [0.2, 0.25) is 0 Å². The van der Waals surface area contributed by atoms with Crippen molar-refractivity contribution in [2.75, 3.05) is 26.7 Å². The summed E-state index contributed by atoms with van der Waals surface area (Å²) in [6, 6.07) is 8.56. The molecule has 34 heavy (non-hydrogen) atoms. The van der Waals surface area contributed by atoms with E-state index in [1.807, 2.05) is 50.5 Å². The van der Waals surface area contributed by atoms with E-state index < -0.39 is 16.1 Å². The van der Waals surface area contributed by atoms with Crippen molar-refractivity contribution in [1.29, 1.82) is 0 Å². The fraction of sp³-hybridized carbons (Fsp3) is 0.385. The van der Waals surface area contributed by atoms with Crippen molar-refractivity contribution in [3.05, 3.63) is 77.8 Å². The Bertz CT molecular complexity index is 1220. The van der Waals surface area contributed by atoms with E-state index in [1.165, 1.54) is 4.31 Å². The number of aromatic nitrogens is 1. The molecule has 1 aliphatic heterocycles. The van der Waals surface area contributed by atoms with Crippen LogP contribution in [0.5, 0.6) is 5.75 Å². The first-order chi connectivity index (χ1) is 16.3. The van der Waals surface area contributed by atoms with Gasteiger partial charge in [-0.05, 0) is 55.4 Å². The second-order valence-corrected chi connectivity index (χ2v) is 10.9. The van der Waals surface area contributed by atoms with E-state index >= 15 is 0 Å². The van der Waals surface area contributed by atoms with E-state index in [4.69, 9.17) is 4.74 Å². The van der Waals surface area contributed by atoms with E-state index in [9.17, 15) is 13.5 Å². The summed E-state index contributed by atoms with van der Waals surface area (Å²) in [5.41, 5.74) is 5.98. The number of rotatable bonds is 7. The molecule has 1 aliphatic carbocycles. The lowest BCUT2D eigenvalue weighted by atomic mass is 10.0. The van der Waals surface area contributed by atoms with Crippen molar-refractivity contribution in [2.24, 2.45) is 5.92 Å². The maximum absolute atomic E-state index is 13.6. The Balaban J connectivity index is 1.70. The monoisotopic (exact) mass is 481 g/mol. The highest BCUT2D eigenvalue weighted by Crippen LogP contribution is 2.36. The van der Waals surface area contributed by atoms with Gasteiger partial charge in [-0.1, -0.05) is 25.1 Å². The minimum Gasteiger partial charge on any atom is -0.487 e. The molecule has 1 aromatic carbocycles. The highest BCUT2D eigenvalue weighted by molar-refractivity contribution is 7.89. The predicted octanol–water partition coefficient (Wildman–Crippen LogP) is 3.09. The van der Waals surface area contributed by atoms with Gasteiger partial charge in [-0.25, -0.2) is 8.42 Å². The Hall–Kier alpha value is -2.74. The summed E-state index contributed by atoms with van der Waals surface area (Å²) in [7, 11) is -1.84. The zero-order valence-electron chi connectivity index (χ0n) is 19.8. The molecule has 3 atom stereocenters. The van der Waals surface area contributed by atoms with Gasteiger partial charge in [-0.3, -0.25) is 9.88 Å². The van der Waals surface area contributed by atoms with Crippen LogP contribution in [-0.4, -0.2) is 66.6 Å². The second kappa shape index (κ2) is 10.3. The first-order valence-corrected chi connectivity index (χ1v) is 12.9. The minimum absolute atomic E-state index is 0.109. The maximum Gasteiger partial charge on any atom is 0.247 e. The summed E-state index contributed by atoms with van der Waals surface area (Å²) in [5.74, 6) is 0.219. The third-order valence-electron chi connectivity index (χ3n) is 6.24. The van der Waals surface area contributed by atoms with Gasteiger partial charge in [0, 0.05) is 49.6 Å². The topological polar surface area (TPSA) is 83.0 Å². The smallest absolute Gasteiger partial charge is 0.247 e. The van der Waals surface area contributed by atoms with Crippen LogP contribution in [-0.2, 0) is 16.6 Å². The fourth-order valence-electron chi connectivity index (χ4n) is 4.30. The third kappa shape index (κ3) is 5.17. The summed E-state index contributed by atoms with van der Waals surface area (Å²) in [6.07, 6.45) is 8.98. The van der Waals surface area contributed by atoms with Crippen LogP contribution in [0.15, 0.2) is 71.6 Å². The number of hydrogen-bond donors (Lipinski definition) is 1. The molecule has 8 heteroatoms. The molecule has 1 aromatic heterocycles. The summed E-state index contributed by atoms with van der Waals surface area (Å²) in [5, 5.41) is 9.80. The molecule has 0 bridgehead atoms. The van der Waals surface area contributed by atoms with E-state index in [2.05, 4.69) is 15.6 Å². The van der Waals surface area contributed by atoms with Crippen LogP contribution in [0, 0.1) is 5.92 Å². The molecule has 0 spiro atoms. The Morgan fingerprint density at radius 1 is 1.35 bits per heavy atom. The van der Waals surface area contributed by atoms with Gasteiger partial charge < -0.3 is 9.84 Å². The van der Waals surface area contributed by atoms with Crippen molar-refractivity contribution >= 4 is 15.6 Å². The van der Waals surface area contributed by atoms with Crippen molar-refractivity contribution in [3.8, 4) is 5.75 Å². The van der Waals surface area contributed by atoms with Gasteiger partial charge in [-0.15, -0.1) is 5.73 Å². The molecule has 2 aliphatic rings. The molecule has 0 fully saturated rings. The van der Waals surface area contributed by atoms with E-state index in [1.54, 1.807) is 31.3 Å². The molecule has 4 rings (SSSR count). The summed E-state index contributed by atoms with van der Waals surface area (Å²) in [4.78, 5) is 6.46. The number of likely N-dealkylation sites (N-methyl/N-ethyl adjacent to an activating group) is 1. The molecule has 0 amide bonds. The van der Waals surface area contributed by atoms with Gasteiger partial charge in [0.1, 0.15) is 16.7 Å². The minimum atomic E-state index is -3.86. The molecular formula is C26H31N3O4S. The maximum atomic E-state index is 13.6. The molecule has 7 nitrogen and oxygen atoms in total. The molecule has 0 radical (unpaired) electrons. The molecular weight excluding hydrogens is 450 g/mol. The van der Waals surface area contributed by atoms with E-state index in [0.717, 1.165) is 16.7 Å². The first-order valence-electron chi connectivity index (χ1n) is 11.4. The largest absolute Gasteiger partial charge is 0.487 e. The van der Waals surface area contributed by atoms with Gasteiger partial charge in [0.15, 0.2) is 0 Å². The molecule has 0 saturated carbocycles. The Kier molecular flexibility index (Phi) is 7.36. The van der Waals surface area contributed by atoms with E-state index in [-0.39, 0.29) is 30.1 Å². The van der Waals surface area contributed by atoms with Gasteiger partial charge in [-0.2, -0.15) is 4.31 Å². The van der Waals surface area contributed by atoms with Crippen molar-refractivity contribution in [2.45, 2.75) is 37.4 Å². The highest BCUT2D eigenvalue weighted by Gasteiger charge is 2.38. The number of ether oxygens (including phenoxy) is 1. The number of benzene rings is 1. The number of hydrogen-bond acceptors (Lipinski definition) is 6. The molecule has 2 heterocycles. The Morgan fingerprint density at radius 3 is 2.85 bits per heavy atom. The summed E-state index contributed by atoms with van der Waals surface area (Å²) >= 11 is 0. The zero-order chi connectivity index (χ0) is 24.3. The summed E-state index contributed by atoms with van der Waals surface area (Å²) in [6.45, 7) is 5.02. The quantitative estimate of drug-likeness (QED) is 0.612. The van der Waals surface area contributed by atoms with Gasteiger partial charge in [0.05, 0.1) is 6.61 Å². The SMILES string of the molecule is C[C@@H]1CN([C@@H](C)CO)S(=O)(=O)c2ccc(C3=C=CC=C3)cc2O[C@H]1CN(C)Cc1cccnc1. The van der Waals surface area contributed by atoms with E-state index in [0.29, 0.717) is 18.8 Å². The van der Waals surface area contributed by atoms with Crippen LogP contribution >= 0.6 is 0 Å². The molecule has 2 aromatic rings. The summed E-state index contributed by atoms with van der Waals surface area (Å²) < 4.78 is 35.1. The first kappa shape index (κ1) is 24.4. The lowest BCUT2D eigenvalue weighted by Crippen LogP contribution is -2.49. The Morgan fingerprint density at radius 2 is 2.18 bits per heavy atom. The molecule has 1 N–H and O–H groups in total. The average molecular weight is 482 g/mol. The molecule has 0 saturated heterocycles. The van der Waals surface area contributed by atoms with Crippen molar-refractivity contribution < 1.29 is 18.3 Å². The van der Waals surface area contributed by atoms with Crippen LogP contribution in [0.25, 0.3) is 5.57 Å². The van der Waals surface area contributed by atoms with Crippen molar-refractivity contribution in [3.63, 3.8) is 0 Å². The number of allylic oxidation sites excluding steroid dienone is 3. The molecule has 0 unspecified atom stereocenters. The number of pyridine rings is 1. The third-order valence-corrected chi connectivity index (χ3v) is 8.26. The number of aliphatic hydroxyl groups is 1. The number of fused-ring (bicyclic) bond motifs is 1. The zero-order valence-corrected chi connectivity index (χ0v) is 20.6. The number of aliphatic hydroxyl groups excluding tert-OH is 1. The predicted molar refractivity (Wildman–Crippen MR) is 132 cm³/mol. The highest BCUT2D eigenvalue weighted by atomic mass is 32.2. The molecule has 180 valence electrons. The van der Waals surface area contributed by atoms with Crippen LogP contribution in [0.3, 0.4) is 0 Å². The number of nitrogens with zero attached hydrogens (tertiary/aromatic N) is 3. The standard InChI is InChI=1S/C26H31N3O4S/c1-19-15-29(20(2)18-30)34(31,32)26-11-10-23(22-8-4-5-9-22)13-24(26)33-25(19)17-28(3)16-21-7-6-12-27-14-21/h4-8,10-14,19-20,25,30H,15-18H2,1-3H3/t19-,20+,25+/m1/s1. The average Bonchev–Trinajstić information content (AvgIpc) is 3.36. The Labute approximate surface area is 201 Å². The van der Waals surface area contributed by atoms with Crippen LogP contribution in [0.1, 0.15) is 25.0 Å². The van der Waals surface area contributed by atoms with Gasteiger partial charge in [0.25, 0.3) is 0 Å². The van der Waals surface area contributed by atoms with Crippen LogP contribution < -0.4 is 4.74 Å². The van der Waals surface area contributed by atoms with Gasteiger partial charge in [0.2, 0.25) is 10.0 Å². The van der Waals surface area contributed by atoms with Crippen molar-refractivity contribution in [1.82, 2.24) is 14.2 Å².